The van der Waals surface area contributed by atoms with Gasteiger partial charge in [0, 0.05) is 18.7 Å². The smallest absolute Gasteiger partial charge is 0.227 e. The molecule has 1 aromatic heterocycles. The largest absolute Gasteiger partial charge is 0.369 e. The highest BCUT2D eigenvalue weighted by molar-refractivity contribution is 7.18. The molecule has 1 aliphatic heterocycles. The van der Waals surface area contributed by atoms with E-state index in [-0.39, 0.29) is 18.2 Å². The van der Waals surface area contributed by atoms with Crippen molar-refractivity contribution in [2.24, 2.45) is 11.7 Å². The lowest BCUT2D eigenvalue weighted by Crippen LogP contribution is -2.28. The monoisotopic (exact) mass is 275 g/mol. The van der Waals surface area contributed by atoms with Crippen molar-refractivity contribution in [3.63, 3.8) is 0 Å². The van der Waals surface area contributed by atoms with Crippen LogP contribution in [0.25, 0.3) is 10.2 Å². The third kappa shape index (κ3) is 2.08. The number of primary amides is 1. The molecule has 1 fully saturated rings. The van der Waals surface area contributed by atoms with Crippen molar-refractivity contribution in [2.75, 3.05) is 11.4 Å². The number of rotatable bonds is 2. The van der Waals surface area contributed by atoms with Gasteiger partial charge >= 0.3 is 0 Å². The Morgan fingerprint density at radius 2 is 2.32 bits per heavy atom. The van der Waals surface area contributed by atoms with Crippen molar-refractivity contribution in [1.29, 1.82) is 0 Å². The second-order valence-electron chi connectivity index (χ2n) is 4.69. The topological polar surface area (TPSA) is 76.3 Å². The maximum atomic E-state index is 11.9. The number of fused-ring (bicyclic) bond motifs is 1. The number of nitrogens with two attached hydrogens (primary N) is 1. The number of nitrogens with zero attached hydrogens (tertiary/aromatic N) is 2. The number of hydrogen-bond donors (Lipinski definition) is 1. The minimum Gasteiger partial charge on any atom is -0.369 e. The number of amides is 2. The molecule has 0 aliphatic carbocycles. The summed E-state index contributed by atoms with van der Waals surface area (Å²) < 4.78 is 1.05. The molecular weight excluding hydrogens is 262 g/mol. The summed E-state index contributed by atoms with van der Waals surface area (Å²) in [5.41, 5.74) is 7.01. The minimum absolute atomic E-state index is 0.0515. The molecule has 1 aromatic carbocycles. The maximum Gasteiger partial charge on any atom is 0.227 e. The van der Waals surface area contributed by atoms with Gasteiger partial charge in [-0.15, -0.1) is 11.3 Å². The molecule has 6 heteroatoms. The molecular formula is C13H13N3O2S. The number of hydrogen-bond acceptors (Lipinski definition) is 4. The number of benzene rings is 1. The van der Waals surface area contributed by atoms with Gasteiger partial charge in [-0.3, -0.25) is 9.59 Å². The van der Waals surface area contributed by atoms with Crippen LogP contribution in [0, 0.1) is 12.8 Å². The van der Waals surface area contributed by atoms with Crippen LogP contribution in [-0.4, -0.2) is 23.3 Å². The van der Waals surface area contributed by atoms with Gasteiger partial charge in [0.1, 0.15) is 0 Å². The van der Waals surface area contributed by atoms with Crippen LogP contribution >= 0.6 is 11.3 Å². The summed E-state index contributed by atoms with van der Waals surface area (Å²) in [7, 11) is 0. The second-order valence-corrected chi connectivity index (χ2v) is 5.93. The fraction of sp³-hybridized carbons (Fsp3) is 0.308. The number of aryl methyl sites for hydroxylation is 1. The third-order valence-corrected chi connectivity index (χ3v) is 4.25. The summed E-state index contributed by atoms with van der Waals surface area (Å²) >= 11 is 1.59. The molecule has 2 aromatic rings. The van der Waals surface area contributed by atoms with Gasteiger partial charge < -0.3 is 10.6 Å². The van der Waals surface area contributed by atoms with Gasteiger partial charge in [0.05, 0.1) is 21.1 Å². The van der Waals surface area contributed by atoms with Crippen LogP contribution in [0.1, 0.15) is 11.4 Å². The summed E-state index contributed by atoms with van der Waals surface area (Å²) in [6.07, 6.45) is 0.203. The highest BCUT2D eigenvalue weighted by Crippen LogP contribution is 2.30. The Morgan fingerprint density at radius 3 is 3.00 bits per heavy atom. The quantitative estimate of drug-likeness (QED) is 0.901. The van der Waals surface area contributed by atoms with Crippen LogP contribution in [-0.2, 0) is 9.59 Å². The lowest BCUT2D eigenvalue weighted by atomic mass is 10.1. The average molecular weight is 275 g/mol. The molecule has 2 N–H and O–H groups in total. The van der Waals surface area contributed by atoms with E-state index >= 15 is 0 Å². The Kier molecular flexibility index (Phi) is 2.74. The Bertz CT molecular complexity index is 680. The van der Waals surface area contributed by atoms with Crippen molar-refractivity contribution >= 4 is 39.1 Å². The zero-order valence-electron chi connectivity index (χ0n) is 10.4. The SMILES string of the molecule is Cc1nc2ccc(N3C[C@@H](C(N)=O)CC3=O)cc2s1. The zero-order chi connectivity index (χ0) is 13.6. The number of aromatic nitrogens is 1. The van der Waals surface area contributed by atoms with Gasteiger partial charge in [-0.25, -0.2) is 4.98 Å². The Balaban J connectivity index is 1.95. The van der Waals surface area contributed by atoms with Crippen LogP contribution in [0.5, 0.6) is 0 Å². The summed E-state index contributed by atoms with van der Waals surface area (Å²) in [6, 6.07) is 5.71. The van der Waals surface area contributed by atoms with E-state index in [2.05, 4.69) is 4.98 Å². The van der Waals surface area contributed by atoms with E-state index in [9.17, 15) is 9.59 Å². The number of thiazole rings is 1. The molecule has 0 saturated carbocycles. The summed E-state index contributed by atoms with van der Waals surface area (Å²) in [5.74, 6) is -0.846. The summed E-state index contributed by atoms with van der Waals surface area (Å²) in [5, 5.41) is 0.995. The zero-order valence-corrected chi connectivity index (χ0v) is 11.2. The van der Waals surface area contributed by atoms with Gasteiger partial charge in [0.25, 0.3) is 0 Å². The number of carbonyl (C=O) groups excluding carboxylic acids is 2. The van der Waals surface area contributed by atoms with E-state index < -0.39 is 5.91 Å². The molecule has 3 rings (SSSR count). The van der Waals surface area contributed by atoms with Crippen LogP contribution in [0.15, 0.2) is 18.2 Å². The minimum atomic E-state index is -0.412. The first-order chi connectivity index (χ1) is 9.04. The molecule has 0 radical (unpaired) electrons. The third-order valence-electron chi connectivity index (χ3n) is 3.32. The van der Waals surface area contributed by atoms with Crippen LogP contribution < -0.4 is 10.6 Å². The Hall–Kier alpha value is -1.95. The average Bonchev–Trinajstić information content (AvgIpc) is 2.90. The van der Waals surface area contributed by atoms with Gasteiger partial charge in [-0.2, -0.15) is 0 Å². The highest BCUT2D eigenvalue weighted by atomic mass is 32.1. The predicted molar refractivity (Wildman–Crippen MR) is 74.0 cm³/mol. The Labute approximate surface area is 114 Å². The van der Waals surface area contributed by atoms with Gasteiger partial charge in [0.2, 0.25) is 11.8 Å². The van der Waals surface area contributed by atoms with Crippen LogP contribution in [0.4, 0.5) is 5.69 Å². The standard InChI is InChI=1S/C13H13N3O2S/c1-7-15-10-3-2-9(5-11(10)19-7)16-6-8(13(14)18)4-12(16)17/h2-3,5,8H,4,6H2,1H3,(H2,14,18)/t8-/m0/s1. The Morgan fingerprint density at radius 1 is 1.53 bits per heavy atom. The second kappa shape index (κ2) is 4.31. The summed E-state index contributed by atoms with van der Waals surface area (Å²) in [6.45, 7) is 2.33. The van der Waals surface area contributed by atoms with Crippen molar-refractivity contribution < 1.29 is 9.59 Å². The van der Waals surface area contributed by atoms with E-state index in [4.69, 9.17) is 5.73 Å². The lowest BCUT2D eigenvalue weighted by molar-refractivity contribution is -0.123. The maximum absolute atomic E-state index is 11.9. The van der Waals surface area contributed by atoms with E-state index in [1.807, 2.05) is 25.1 Å². The molecule has 0 spiro atoms. The summed E-state index contributed by atoms with van der Waals surface area (Å²) in [4.78, 5) is 29.1. The van der Waals surface area contributed by atoms with Gasteiger partial charge in [-0.1, -0.05) is 0 Å². The van der Waals surface area contributed by atoms with Gasteiger partial charge in [0.15, 0.2) is 0 Å². The van der Waals surface area contributed by atoms with Gasteiger partial charge in [-0.05, 0) is 25.1 Å². The molecule has 5 nitrogen and oxygen atoms in total. The molecule has 2 heterocycles. The van der Waals surface area contributed by atoms with E-state index in [0.29, 0.717) is 6.54 Å². The first-order valence-electron chi connectivity index (χ1n) is 6.01. The lowest BCUT2D eigenvalue weighted by Gasteiger charge is -2.16. The highest BCUT2D eigenvalue weighted by Gasteiger charge is 2.33. The fourth-order valence-corrected chi connectivity index (χ4v) is 3.20. The molecule has 98 valence electrons. The molecule has 1 atom stereocenters. The molecule has 19 heavy (non-hydrogen) atoms. The predicted octanol–water partition coefficient (Wildman–Crippen LogP) is 1.44. The van der Waals surface area contributed by atoms with Crippen molar-refractivity contribution in [3.8, 4) is 0 Å². The van der Waals surface area contributed by atoms with E-state index in [1.54, 1.807) is 16.2 Å². The molecule has 1 aliphatic rings. The van der Waals surface area contributed by atoms with Crippen LogP contribution in [0.2, 0.25) is 0 Å². The van der Waals surface area contributed by atoms with Crippen molar-refractivity contribution in [1.82, 2.24) is 4.98 Å². The number of carbonyl (C=O) groups is 2. The fourth-order valence-electron chi connectivity index (χ4n) is 2.34. The first-order valence-corrected chi connectivity index (χ1v) is 6.83. The molecule has 0 unspecified atom stereocenters. The first kappa shape index (κ1) is 12.1. The number of anilines is 1. The molecule has 2 amide bonds. The van der Waals surface area contributed by atoms with Crippen molar-refractivity contribution in [2.45, 2.75) is 13.3 Å². The molecule has 0 bridgehead atoms. The van der Waals surface area contributed by atoms with Crippen molar-refractivity contribution in [3.05, 3.63) is 23.2 Å². The normalized spacial score (nSPS) is 19.3. The molecule has 1 saturated heterocycles. The van der Waals surface area contributed by atoms with Crippen LogP contribution in [0.3, 0.4) is 0 Å². The van der Waals surface area contributed by atoms with E-state index in [1.165, 1.54) is 0 Å². The van der Waals surface area contributed by atoms with E-state index in [0.717, 1.165) is 20.9 Å².